The van der Waals surface area contributed by atoms with Crippen LogP contribution in [0.3, 0.4) is 0 Å². The Morgan fingerprint density at radius 2 is 2.14 bits per heavy atom. The third-order valence-corrected chi connectivity index (χ3v) is 3.68. The van der Waals surface area contributed by atoms with E-state index in [0.29, 0.717) is 25.4 Å². The molecule has 21 heavy (non-hydrogen) atoms. The zero-order valence-electron chi connectivity index (χ0n) is 12.2. The molecule has 114 valence electrons. The van der Waals surface area contributed by atoms with Crippen molar-refractivity contribution in [3.63, 3.8) is 0 Å². The van der Waals surface area contributed by atoms with Crippen molar-refractivity contribution in [2.24, 2.45) is 5.92 Å². The molecule has 1 fully saturated rings. The fourth-order valence-electron chi connectivity index (χ4n) is 2.51. The van der Waals surface area contributed by atoms with Gasteiger partial charge in [-0.25, -0.2) is 4.98 Å². The second-order valence-corrected chi connectivity index (χ2v) is 5.04. The van der Waals surface area contributed by atoms with E-state index in [1.165, 1.54) is 6.07 Å². The Labute approximate surface area is 123 Å². The van der Waals surface area contributed by atoms with Gasteiger partial charge < -0.3 is 9.64 Å². The number of ether oxygens (including phenoxy) is 1. The number of pyridine rings is 1. The van der Waals surface area contributed by atoms with E-state index in [1.54, 1.807) is 19.9 Å². The molecule has 0 aliphatic carbocycles. The molecule has 0 amide bonds. The summed E-state index contributed by atoms with van der Waals surface area (Å²) in [5, 5.41) is 10.8. The van der Waals surface area contributed by atoms with Gasteiger partial charge in [0.25, 0.3) is 5.69 Å². The molecule has 7 heteroatoms. The number of aromatic nitrogens is 1. The lowest BCUT2D eigenvalue weighted by molar-refractivity contribution is -0.385. The number of carbonyl (C=O) groups is 1. The Bertz CT molecular complexity index is 539. The Morgan fingerprint density at radius 1 is 1.48 bits per heavy atom. The van der Waals surface area contributed by atoms with Crippen molar-refractivity contribution in [3.05, 3.63) is 27.9 Å². The topological polar surface area (TPSA) is 85.6 Å². The highest BCUT2D eigenvalue weighted by Crippen LogP contribution is 2.25. The summed E-state index contributed by atoms with van der Waals surface area (Å²) < 4.78 is 5.04. The summed E-state index contributed by atoms with van der Waals surface area (Å²) in [6, 6.07) is 3.14. The van der Waals surface area contributed by atoms with E-state index in [1.807, 2.05) is 4.90 Å². The fraction of sp³-hybridized carbons (Fsp3) is 0.571. The van der Waals surface area contributed by atoms with Gasteiger partial charge in [0.05, 0.1) is 17.4 Å². The molecule has 1 aromatic heterocycles. The summed E-state index contributed by atoms with van der Waals surface area (Å²) in [4.78, 5) is 28.4. The molecule has 1 aliphatic rings. The largest absolute Gasteiger partial charge is 0.466 e. The lowest BCUT2D eigenvalue weighted by Gasteiger charge is -2.31. The normalized spacial score (nSPS) is 15.8. The summed E-state index contributed by atoms with van der Waals surface area (Å²) in [6.07, 6.45) is 1.44. The number of nitrogens with zero attached hydrogens (tertiary/aromatic N) is 3. The van der Waals surface area contributed by atoms with E-state index in [0.717, 1.165) is 18.7 Å². The zero-order valence-corrected chi connectivity index (χ0v) is 12.2. The first-order valence-corrected chi connectivity index (χ1v) is 7.06. The van der Waals surface area contributed by atoms with Crippen molar-refractivity contribution < 1.29 is 14.5 Å². The highest BCUT2D eigenvalue weighted by Gasteiger charge is 2.27. The first-order chi connectivity index (χ1) is 10.0. The summed E-state index contributed by atoms with van der Waals surface area (Å²) in [7, 11) is 0. The highest BCUT2D eigenvalue weighted by atomic mass is 16.6. The first-order valence-electron chi connectivity index (χ1n) is 7.06. The second kappa shape index (κ2) is 6.51. The van der Waals surface area contributed by atoms with E-state index in [4.69, 9.17) is 4.74 Å². The number of piperidine rings is 1. The van der Waals surface area contributed by atoms with Gasteiger partial charge in [0, 0.05) is 19.2 Å². The third kappa shape index (κ3) is 3.48. The molecule has 0 aromatic carbocycles. The number of nitro groups is 1. The molecule has 0 N–H and O–H groups in total. The Balaban J connectivity index is 2.01. The van der Waals surface area contributed by atoms with Crippen LogP contribution >= 0.6 is 0 Å². The van der Waals surface area contributed by atoms with Crippen LogP contribution in [-0.2, 0) is 9.53 Å². The molecule has 0 bridgehead atoms. The highest BCUT2D eigenvalue weighted by molar-refractivity contribution is 5.72. The van der Waals surface area contributed by atoms with E-state index < -0.39 is 4.92 Å². The van der Waals surface area contributed by atoms with Crippen LogP contribution in [0.25, 0.3) is 0 Å². The average molecular weight is 293 g/mol. The molecule has 1 saturated heterocycles. The van der Waals surface area contributed by atoms with E-state index in [-0.39, 0.29) is 17.6 Å². The molecular formula is C14H19N3O4. The predicted octanol–water partition coefficient (Wildman–Crippen LogP) is 2.08. The van der Waals surface area contributed by atoms with Gasteiger partial charge in [0.15, 0.2) is 0 Å². The van der Waals surface area contributed by atoms with Crippen molar-refractivity contribution in [2.45, 2.75) is 26.7 Å². The van der Waals surface area contributed by atoms with Crippen molar-refractivity contribution in [3.8, 4) is 0 Å². The van der Waals surface area contributed by atoms with Crippen LogP contribution in [0.5, 0.6) is 0 Å². The molecule has 1 aliphatic heterocycles. The van der Waals surface area contributed by atoms with Crippen LogP contribution in [0.2, 0.25) is 0 Å². The van der Waals surface area contributed by atoms with E-state index in [2.05, 4.69) is 4.98 Å². The van der Waals surface area contributed by atoms with Gasteiger partial charge in [-0.3, -0.25) is 14.9 Å². The Kier molecular flexibility index (Phi) is 4.72. The lowest BCUT2D eigenvalue weighted by Crippen LogP contribution is -2.37. The number of hydrogen-bond donors (Lipinski definition) is 0. The summed E-state index contributed by atoms with van der Waals surface area (Å²) in [5.74, 6) is 0.533. The molecule has 0 spiro atoms. The first kappa shape index (κ1) is 15.2. The Morgan fingerprint density at radius 3 is 2.67 bits per heavy atom. The van der Waals surface area contributed by atoms with Crippen LogP contribution in [0.15, 0.2) is 12.1 Å². The Hall–Kier alpha value is -2.18. The molecule has 7 nitrogen and oxygen atoms in total. The minimum atomic E-state index is -0.431. The molecule has 0 unspecified atom stereocenters. The van der Waals surface area contributed by atoms with Crippen molar-refractivity contribution in [2.75, 3.05) is 24.6 Å². The smallest absolute Gasteiger partial charge is 0.309 e. The van der Waals surface area contributed by atoms with Crippen LogP contribution in [0, 0.1) is 23.0 Å². The van der Waals surface area contributed by atoms with Gasteiger partial charge in [-0.2, -0.15) is 0 Å². The third-order valence-electron chi connectivity index (χ3n) is 3.68. The quantitative estimate of drug-likeness (QED) is 0.480. The van der Waals surface area contributed by atoms with Gasteiger partial charge in [-0.05, 0) is 32.8 Å². The molecule has 1 aromatic rings. The number of esters is 1. The second-order valence-electron chi connectivity index (χ2n) is 5.04. The molecule has 0 atom stereocenters. The number of rotatable bonds is 4. The zero-order chi connectivity index (χ0) is 15.4. The fourth-order valence-corrected chi connectivity index (χ4v) is 2.51. The van der Waals surface area contributed by atoms with Crippen LogP contribution < -0.4 is 4.90 Å². The molecular weight excluding hydrogens is 274 g/mol. The maximum atomic E-state index is 11.7. The van der Waals surface area contributed by atoms with Crippen LogP contribution in [0.1, 0.15) is 25.5 Å². The van der Waals surface area contributed by atoms with E-state index in [9.17, 15) is 14.9 Å². The summed E-state index contributed by atoms with van der Waals surface area (Å²) in [6.45, 7) is 5.24. The predicted molar refractivity (Wildman–Crippen MR) is 77.2 cm³/mol. The van der Waals surface area contributed by atoms with Gasteiger partial charge in [-0.15, -0.1) is 0 Å². The van der Waals surface area contributed by atoms with Crippen molar-refractivity contribution in [1.29, 1.82) is 0 Å². The monoisotopic (exact) mass is 293 g/mol. The number of carbonyl (C=O) groups excluding carboxylic acids is 1. The van der Waals surface area contributed by atoms with Crippen LogP contribution in [0.4, 0.5) is 11.5 Å². The average Bonchev–Trinajstić information content (AvgIpc) is 2.47. The van der Waals surface area contributed by atoms with Gasteiger partial charge in [0.2, 0.25) is 0 Å². The molecule has 2 heterocycles. The van der Waals surface area contributed by atoms with Crippen molar-refractivity contribution >= 4 is 17.5 Å². The maximum Gasteiger partial charge on any atom is 0.309 e. The van der Waals surface area contributed by atoms with Crippen molar-refractivity contribution in [1.82, 2.24) is 4.98 Å². The number of aryl methyl sites for hydroxylation is 1. The van der Waals surface area contributed by atoms with Crippen LogP contribution in [-0.4, -0.2) is 35.6 Å². The lowest BCUT2D eigenvalue weighted by atomic mass is 9.97. The SMILES string of the molecule is CCOC(=O)C1CCN(c2ccc([N+](=O)[O-])c(C)n2)CC1. The number of hydrogen-bond acceptors (Lipinski definition) is 6. The van der Waals surface area contributed by atoms with Gasteiger partial charge in [-0.1, -0.05) is 0 Å². The summed E-state index contributed by atoms with van der Waals surface area (Å²) in [5.41, 5.74) is 0.435. The standard InChI is InChI=1S/C14H19N3O4/c1-3-21-14(18)11-6-8-16(9-7-11)13-5-4-12(17(19)20)10(2)15-13/h4-5,11H,3,6-9H2,1-2H3. The minimum Gasteiger partial charge on any atom is -0.466 e. The maximum absolute atomic E-state index is 11.7. The molecule has 0 saturated carbocycles. The molecule has 0 radical (unpaired) electrons. The van der Waals surface area contributed by atoms with Gasteiger partial charge >= 0.3 is 5.97 Å². The van der Waals surface area contributed by atoms with E-state index >= 15 is 0 Å². The number of anilines is 1. The minimum absolute atomic E-state index is 0.0279. The molecule has 2 rings (SSSR count). The van der Waals surface area contributed by atoms with Gasteiger partial charge in [0.1, 0.15) is 11.5 Å². The summed E-state index contributed by atoms with van der Waals surface area (Å²) >= 11 is 0.